The SMILES string of the molecule is CC1NCCCC1C(=O)N(C)C(C)(C)CO. The summed E-state index contributed by atoms with van der Waals surface area (Å²) >= 11 is 0. The Labute approximate surface area is 98.0 Å². The molecule has 0 aromatic rings. The van der Waals surface area contributed by atoms with Crippen LogP contribution >= 0.6 is 0 Å². The highest BCUT2D eigenvalue weighted by molar-refractivity contribution is 5.80. The summed E-state index contributed by atoms with van der Waals surface area (Å²) in [6, 6.07) is 0.234. The highest BCUT2D eigenvalue weighted by Gasteiger charge is 2.35. The Hall–Kier alpha value is -0.610. The molecule has 1 saturated heterocycles. The van der Waals surface area contributed by atoms with Gasteiger partial charge in [-0.1, -0.05) is 0 Å². The average molecular weight is 228 g/mol. The van der Waals surface area contributed by atoms with Crippen molar-refractivity contribution in [3.05, 3.63) is 0 Å². The topological polar surface area (TPSA) is 52.6 Å². The van der Waals surface area contributed by atoms with Crippen LogP contribution in [0.5, 0.6) is 0 Å². The zero-order valence-corrected chi connectivity index (χ0v) is 10.8. The second-order valence-electron chi connectivity index (χ2n) is 5.36. The molecule has 2 N–H and O–H groups in total. The van der Waals surface area contributed by atoms with Crippen LogP contribution in [0.3, 0.4) is 0 Å². The molecule has 1 aliphatic heterocycles. The maximum absolute atomic E-state index is 12.3. The fourth-order valence-electron chi connectivity index (χ4n) is 2.03. The highest BCUT2D eigenvalue weighted by Crippen LogP contribution is 2.22. The van der Waals surface area contributed by atoms with E-state index in [0.29, 0.717) is 0 Å². The normalized spacial score (nSPS) is 26.6. The smallest absolute Gasteiger partial charge is 0.227 e. The first-order valence-corrected chi connectivity index (χ1v) is 6.02. The van der Waals surface area contributed by atoms with Gasteiger partial charge in [0.05, 0.1) is 18.1 Å². The van der Waals surface area contributed by atoms with Crippen LogP contribution in [0.25, 0.3) is 0 Å². The molecular formula is C12H24N2O2. The number of aliphatic hydroxyl groups is 1. The van der Waals surface area contributed by atoms with E-state index in [9.17, 15) is 9.90 Å². The van der Waals surface area contributed by atoms with Crippen LogP contribution in [0.15, 0.2) is 0 Å². The number of amides is 1. The molecule has 1 rings (SSSR count). The van der Waals surface area contributed by atoms with Gasteiger partial charge in [0.25, 0.3) is 0 Å². The molecule has 16 heavy (non-hydrogen) atoms. The first-order chi connectivity index (χ1) is 7.40. The number of nitrogens with zero attached hydrogens (tertiary/aromatic N) is 1. The molecule has 2 atom stereocenters. The Bertz CT molecular complexity index is 249. The molecule has 0 saturated carbocycles. The Morgan fingerprint density at radius 1 is 1.56 bits per heavy atom. The number of hydrogen-bond donors (Lipinski definition) is 2. The lowest BCUT2D eigenvalue weighted by Crippen LogP contribution is -2.54. The first kappa shape index (κ1) is 13.5. The summed E-state index contributed by atoms with van der Waals surface area (Å²) in [5.74, 6) is 0.184. The van der Waals surface area contributed by atoms with Crippen molar-refractivity contribution in [2.24, 2.45) is 5.92 Å². The van der Waals surface area contributed by atoms with Crippen molar-refractivity contribution in [3.63, 3.8) is 0 Å². The number of carbonyl (C=O) groups is 1. The predicted octanol–water partition coefficient (Wildman–Crippen LogP) is 0.604. The van der Waals surface area contributed by atoms with Crippen LogP contribution in [0.2, 0.25) is 0 Å². The second kappa shape index (κ2) is 5.15. The molecular weight excluding hydrogens is 204 g/mol. The zero-order chi connectivity index (χ0) is 12.3. The lowest BCUT2D eigenvalue weighted by Gasteiger charge is -2.39. The third-order valence-electron chi connectivity index (χ3n) is 3.70. The molecule has 0 radical (unpaired) electrons. The molecule has 4 heteroatoms. The lowest BCUT2D eigenvalue weighted by atomic mass is 9.89. The summed E-state index contributed by atoms with van der Waals surface area (Å²) in [5.41, 5.74) is -0.478. The summed E-state index contributed by atoms with van der Waals surface area (Å²) in [6.45, 7) is 6.81. The molecule has 0 aromatic heterocycles. The molecule has 2 unspecified atom stereocenters. The third kappa shape index (κ3) is 2.74. The van der Waals surface area contributed by atoms with Gasteiger partial charge in [0.15, 0.2) is 0 Å². The van der Waals surface area contributed by atoms with Crippen LogP contribution in [-0.2, 0) is 4.79 Å². The van der Waals surface area contributed by atoms with Gasteiger partial charge in [-0.2, -0.15) is 0 Å². The standard InChI is InChI=1S/C12H24N2O2/c1-9-10(6-5-7-13-9)11(16)14(4)12(2,3)8-15/h9-10,13,15H,5-8H2,1-4H3. The summed E-state index contributed by atoms with van der Waals surface area (Å²) < 4.78 is 0. The minimum atomic E-state index is -0.478. The fourth-order valence-corrected chi connectivity index (χ4v) is 2.03. The van der Waals surface area contributed by atoms with Crippen LogP contribution in [-0.4, -0.2) is 47.7 Å². The van der Waals surface area contributed by atoms with Crippen molar-refractivity contribution in [2.75, 3.05) is 20.2 Å². The molecule has 0 bridgehead atoms. The van der Waals surface area contributed by atoms with E-state index in [1.54, 1.807) is 11.9 Å². The van der Waals surface area contributed by atoms with Crippen molar-refractivity contribution in [1.82, 2.24) is 10.2 Å². The van der Waals surface area contributed by atoms with Crippen molar-refractivity contribution < 1.29 is 9.90 Å². The van der Waals surface area contributed by atoms with E-state index in [0.717, 1.165) is 19.4 Å². The monoisotopic (exact) mass is 228 g/mol. The van der Waals surface area contributed by atoms with Crippen molar-refractivity contribution in [3.8, 4) is 0 Å². The van der Waals surface area contributed by atoms with Crippen molar-refractivity contribution >= 4 is 5.91 Å². The molecule has 1 amide bonds. The minimum absolute atomic E-state index is 0.0101. The second-order valence-corrected chi connectivity index (χ2v) is 5.36. The summed E-state index contributed by atoms with van der Waals surface area (Å²) in [4.78, 5) is 14.0. The maximum Gasteiger partial charge on any atom is 0.227 e. The van der Waals surface area contributed by atoms with Crippen LogP contribution in [0.4, 0.5) is 0 Å². The molecule has 94 valence electrons. The van der Waals surface area contributed by atoms with Crippen LogP contribution in [0.1, 0.15) is 33.6 Å². The number of hydrogen-bond acceptors (Lipinski definition) is 3. The van der Waals surface area contributed by atoms with Gasteiger partial charge >= 0.3 is 0 Å². The summed E-state index contributed by atoms with van der Waals surface area (Å²) in [7, 11) is 1.78. The number of aliphatic hydroxyl groups excluding tert-OH is 1. The summed E-state index contributed by atoms with van der Waals surface area (Å²) in [6.07, 6.45) is 1.99. The van der Waals surface area contributed by atoms with Gasteiger partial charge in [-0.25, -0.2) is 0 Å². The van der Waals surface area contributed by atoms with Crippen LogP contribution in [0, 0.1) is 5.92 Å². The van der Waals surface area contributed by atoms with Gasteiger partial charge in [0.1, 0.15) is 0 Å². The molecule has 1 heterocycles. The van der Waals surface area contributed by atoms with Gasteiger partial charge in [-0.05, 0) is 40.2 Å². The number of rotatable bonds is 3. The average Bonchev–Trinajstić information content (AvgIpc) is 2.27. The largest absolute Gasteiger partial charge is 0.394 e. The lowest BCUT2D eigenvalue weighted by molar-refractivity contribution is -0.142. The minimum Gasteiger partial charge on any atom is -0.394 e. The molecule has 1 aliphatic rings. The van der Waals surface area contributed by atoms with Gasteiger partial charge < -0.3 is 15.3 Å². The van der Waals surface area contributed by atoms with E-state index < -0.39 is 5.54 Å². The van der Waals surface area contributed by atoms with E-state index in [1.165, 1.54) is 0 Å². The first-order valence-electron chi connectivity index (χ1n) is 6.02. The highest BCUT2D eigenvalue weighted by atomic mass is 16.3. The van der Waals surface area contributed by atoms with E-state index in [4.69, 9.17) is 0 Å². The van der Waals surface area contributed by atoms with E-state index in [-0.39, 0.29) is 24.5 Å². The molecule has 0 aromatic carbocycles. The summed E-state index contributed by atoms with van der Waals surface area (Å²) in [5, 5.41) is 12.6. The quantitative estimate of drug-likeness (QED) is 0.744. The maximum atomic E-state index is 12.3. The van der Waals surface area contributed by atoms with Crippen LogP contribution < -0.4 is 5.32 Å². The van der Waals surface area contributed by atoms with Gasteiger partial charge in [-0.3, -0.25) is 4.79 Å². The van der Waals surface area contributed by atoms with E-state index >= 15 is 0 Å². The van der Waals surface area contributed by atoms with E-state index in [2.05, 4.69) is 12.2 Å². The Balaban J connectivity index is 2.69. The van der Waals surface area contributed by atoms with Crippen molar-refractivity contribution in [1.29, 1.82) is 0 Å². The number of nitrogens with one attached hydrogen (secondary N) is 1. The van der Waals surface area contributed by atoms with Gasteiger partial charge in [-0.15, -0.1) is 0 Å². The zero-order valence-electron chi connectivity index (χ0n) is 10.8. The number of piperidine rings is 1. The molecule has 1 fully saturated rings. The Morgan fingerprint density at radius 3 is 2.69 bits per heavy atom. The number of likely N-dealkylation sites (N-methyl/N-ethyl adjacent to an activating group) is 1. The van der Waals surface area contributed by atoms with E-state index in [1.807, 2.05) is 13.8 Å². The van der Waals surface area contributed by atoms with Gasteiger partial charge in [0.2, 0.25) is 5.91 Å². The van der Waals surface area contributed by atoms with Crippen molar-refractivity contribution in [2.45, 2.75) is 45.2 Å². The fraction of sp³-hybridized carbons (Fsp3) is 0.917. The third-order valence-corrected chi connectivity index (χ3v) is 3.70. The predicted molar refractivity (Wildman–Crippen MR) is 64.1 cm³/mol. The Kier molecular flexibility index (Phi) is 4.33. The van der Waals surface area contributed by atoms with Gasteiger partial charge in [0, 0.05) is 13.1 Å². The number of carbonyl (C=O) groups excluding carboxylic acids is 1. The molecule has 4 nitrogen and oxygen atoms in total. The Morgan fingerprint density at radius 2 is 2.19 bits per heavy atom. The molecule has 0 aliphatic carbocycles. The molecule has 0 spiro atoms.